The van der Waals surface area contributed by atoms with E-state index in [0.29, 0.717) is 19.3 Å². The summed E-state index contributed by atoms with van der Waals surface area (Å²) in [6.07, 6.45) is 6.63. The van der Waals surface area contributed by atoms with Gasteiger partial charge in [0.1, 0.15) is 6.10 Å². The minimum atomic E-state index is -0.781. The Morgan fingerprint density at radius 1 is 1.41 bits per heavy atom. The number of methoxy groups -OCH3 is 2. The molecule has 0 aromatic rings. The molecule has 3 atom stereocenters. The van der Waals surface area contributed by atoms with Crippen LogP contribution in [0.15, 0.2) is 12.2 Å². The van der Waals surface area contributed by atoms with Crippen molar-refractivity contribution in [2.24, 2.45) is 5.92 Å². The molecule has 3 unspecified atom stereocenters. The van der Waals surface area contributed by atoms with Crippen molar-refractivity contribution in [3.8, 4) is 0 Å². The number of ketones is 1. The first kappa shape index (κ1) is 18.8. The number of rotatable bonds is 8. The predicted molar refractivity (Wildman–Crippen MR) is 79.8 cm³/mol. The molecular weight excluding hydrogens is 288 g/mol. The maximum absolute atomic E-state index is 11.5. The Balaban J connectivity index is 2.43. The van der Waals surface area contributed by atoms with Gasteiger partial charge in [-0.1, -0.05) is 6.08 Å². The van der Waals surface area contributed by atoms with Gasteiger partial charge < -0.3 is 9.47 Å². The number of esters is 1. The second kappa shape index (κ2) is 9.02. The molecule has 1 fully saturated rings. The van der Waals surface area contributed by atoms with Crippen molar-refractivity contribution in [3.05, 3.63) is 12.2 Å². The van der Waals surface area contributed by atoms with E-state index in [1.54, 1.807) is 20.1 Å². The van der Waals surface area contributed by atoms with Gasteiger partial charge in [0.05, 0.1) is 13.0 Å². The van der Waals surface area contributed by atoms with Gasteiger partial charge in [-0.3, -0.25) is 9.59 Å². The van der Waals surface area contributed by atoms with Crippen LogP contribution in [0.4, 0.5) is 0 Å². The maximum atomic E-state index is 11.5. The van der Waals surface area contributed by atoms with Crippen molar-refractivity contribution in [1.82, 2.24) is 0 Å². The number of hydrogen-bond acceptors (Lipinski definition) is 6. The molecule has 1 aliphatic heterocycles. The van der Waals surface area contributed by atoms with Crippen LogP contribution in [-0.2, 0) is 28.8 Å². The van der Waals surface area contributed by atoms with Gasteiger partial charge in [0.25, 0.3) is 0 Å². The van der Waals surface area contributed by atoms with Crippen LogP contribution in [0.3, 0.4) is 0 Å². The number of unbranched alkanes of at least 4 members (excludes halogenated alkanes) is 1. The van der Waals surface area contributed by atoms with Crippen molar-refractivity contribution >= 4 is 11.8 Å². The van der Waals surface area contributed by atoms with E-state index in [2.05, 4.69) is 0 Å². The van der Waals surface area contributed by atoms with E-state index in [1.165, 1.54) is 14.0 Å². The van der Waals surface area contributed by atoms with Crippen molar-refractivity contribution < 1.29 is 28.8 Å². The van der Waals surface area contributed by atoms with Gasteiger partial charge in [0, 0.05) is 20.0 Å². The fourth-order valence-corrected chi connectivity index (χ4v) is 2.42. The van der Waals surface area contributed by atoms with E-state index in [0.717, 1.165) is 12.8 Å². The fourth-order valence-electron chi connectivity index (χ4n) is 2.42. The Labute approximate surface area is 131 Å². The monoisotopic (exact) mass is 314 g/mol. The number of ether oxygens (including phenoxy) is 2. The minimum Gasteiger partial charge on any atom is -0.469 e. The molecule has 1 heterocycles. The molecule has 0 saturated carbocycles. The van der Waals surface area contributed by atoms with Crippen molar-refractivity contribution in [3.63, 3.8) is 0 Å². The first-order valence-electron chi connectivity index (χ1n) is 7.58. The van der Waals surface area contributed by atoms with Gasteiger partial charge in [0.2, 0.25) is 5.79 Å². The zero-order valence-corrected chi connectivity index (χ0v) is 13.8. The number of carbonyl (C=O) groups excluding carboxylic acids is 2. The second-order valence-corrected chi connectivity index (χ2v) is 5.59. The van der Waals surface area contributed by atoms with E-state index in [4.69, 9.17) is 19.2 Å². The summed E-state index contributed by atoms with van der Waals surface area (Å²) in [6, 6.07) is 0. The number of hydrogen-bond donors (Lipinski definition) is 0. The number of carbonyl (C=O) groups is 2. The van der Waals surface area contributed by atoms with Crippen LogP contribution < -0.4 is 0 Å². The normalized spacial score (nSPS) is 26.8. The van der Waals surface area contributed by atoms with Crippen LogP contribution in [0.2, 0.25) is 0 Å². The SMILES string of the molecule is COC(=O)C(C)C1CCC(CCCC=CC(C)=O)(OC)OO1. The fraction of sp³-hybridized carbons (Fsp3) is 0.750. The van der Waals surface area contributed by atoms with Gasteiger partial charge in [-0.25, -0.2) is 9.78 Å². The van der Waals surface area contributed by atoms with Crippen molar-refractivity contribution in [2.75, 3.05) is 14.2 Å². The van der Waals surface area contributed by atoms with Crippen molar-refractivity contribution in [2.45, 2.75) is 57.8 Å². The Morgan fingerprint density at radius 2 is 2.14 bits per heavy atom. The van der Waals surface area contributed by atoms with E-state index in [1.807, 2.05) is 6.08 Å². The lowest BCUT2D eigenvalue weighted by molar-refractivity contribution is -0.469. The smallest absolute Gasteiger partial charge is 0.311 e. The lowest BCUT2D eigenvalue weighted by atomic mass is 9.94. The molecule has 1 rings (SSSR count). The Hall–Kier alpha value is -1.24. The molecule has 0 amide bonds. The topological polar surface area (TPSA) is 71.1 Å². The zero-order valence-electron chi connectivity index (χ0n) is 13.8. The summed E-state index contributed by atoms with van der Waals surface area (Å²) >= 11 is 0. The summed E-state index contributed by atoms with van der Waals surface area (Å²) in [5.41, 5.74) is 0. The van der Waals surface area contributed by atoms with Gasteiger partial charge in [-0.2, -0.15) is 0 Å². The first-order valence-corrected chi connectivity index (χ1v) is 7.58. The first-order chi connectivity index (χ1) is 10.4. The molecule has 1 saturated heterocycles. The Bertz CT molecular complexity index is 395. The van der Waals surface area contributed by atoms with Crippen LogP contribution in [-0.4, -0.2) is 37.9 Å². The van der Waals surface area contributed by atoms with Crippen LogP contribution in [0.25, 0.3) is 0 Å². The van der Waals surface area contributed by atoms with Gasteiger partial charge in [0.15, 0.2) is 5.78 Å². The van der Waals surface area contributed by atoms with Crippen LogP contribution in [0.1, 0.15) is 46.0 Å². The molecule has 126 valence electrons. The Kier molecular flexibility index (Phi) is 7.72. The molecule has 0 N–H and O–H groups in total. The average Bonchev–Trinajstić information content (AvgIpc) is 2.53. The molecule has 0 aromatic heterocycles. The molecule has 0 spiro atoms. The summed E-state index contributed by atoms with van der Waals surface area (Å²) in [5, 5.41) is 0. The zero-order chi connectivity index (χ0) is 16.6. The summed E-state index contributed by atoms with van der Waals surface area (Å²) in [6.45, 7) is 3.28. The molecule has 0 bridgehead atoms. The summed E-state index contributed by atoms with van der Waals surface area (Å²) in [4.78, 5) is 33.1. The molecule has 1 aliphatic rings. The van der Waals surface area contributed by atoms with Gasteiger partial charge in [-0.05, 0) is 39.2 Å². The van der Waals surface area contributed by atoms with E-state index in [9.17, 15) is 9.59 Å². The van der Waals surface area contributed by atoms with E-state index in [-0.39, 0.29) is 23.8 Å². The molecule has 0 radical (unpaired) electrons. The standard InChI is InChI=1S/C16H26O6/c1-12(17)8-6-5-7-10-16(20-4)11-9-14(21-22-16)13(2)15(18)19-3/h6,8,13-14H,5,7,9-11H2,1-4H3. The third-order valence-electron chi connectivity index (χ3n) is 3.92. The molecular formula is C16H26O6. The molecule has 22 heavy (non-hydrogen) atoms. The highest BCUT2D eigenvalue weighted by Gasteiger charge is 2.41. The highest BCUT2D eigenvalue weighted by Crippen LogP contribution is 2.34. The van der Waals surface area contributed by atoms with Crippen LogP contribution >= 0.6 is 0 Å². The van der Waals surface area contributed by atoms with E-state index < -0.39 is 5.79 Å². The third-order valence-corrected chi connectivity index (χ3v) is 3.92. The molecule has 0 aromatic carbocycles. The predicted octanol–water partition coefficient (Wildman–Crippen LogP) is 2.56. The summed E-state index contributed by atoms with van der Waals surface area (Å²) < 4.78 is 10.2. The molecule has 6 nitrogen and oxygen atoms in total. The Morgan fingerprint density at radius 3 is 2.64 bits per heavy atom. The van der Waals surface area contributed by atoms with Gasteiger partial charge in [-0.15, -0.1) is 0 Å². The largest absolute Gasteiger partial charge is 0.469 e. The highest BCUT2D eigenvalue weighted by atomic mass is 17.2. The quantitative estimate of drug-likeness (QED) is 0.297. The maximum Gasteiger partial charge on any atom is 0.311 e. The molecule has 0 aliphatic carbocycles. The highest BCUT2D eigenvalue weighted by molar-refractivity contribution is 5.87. The van der Waals surface area contributed by atoms with Crippen molar-refractivity contribution in [1.29, 1.82) is 0 Å². The molecule has 6 heteroatoms. The summed E-state index contributed by atoms with van der Waals surface area (Å²) in [5.74, 6) is -1.43. The summed E-state index contributed by atoms with van der Waals surface area (Å²) in [7, 11) is 2.94. The van der Waals surface area contributed by atoms with Crippen LogP contribution in [0, 0.1) is 5.92 Å². The number of allylic oxidation sites excluding steroid dienone is 2. The van der Waals surface area contributed by atoms with E-state index >= 15 is 0 Å². The third kappa shape index (κ3) is 5.51. The average molecular weight is 314 g/mol. The van der Waals surface area contributed by atoms with Crippen LogP contribution in [0.5, 0.6) is 0 Å². The lowest BCUT2D eigenvalue weighted by Gasteiger charge is -2.38. The second-order valence-electron chi connectivity index (χ2n) is 5.59. The van der Waals surface area contributed by atoms with Gasteiger partial charge >= 0.3 is 5.97 Å². The lowest BCUT2D eigenvalue weighted by Crippen LogP contribution is -2.44. The minimum absolute atomic E-state index is 0.0401.